The summed E-state index contributed by atoms with van der Waals surface area (Å²) in [6, 6.07) is 6.58. The number of aryl methyl sites for hydroxylation is 1. The number of hydrogen-bond donors (Lipinski definition) is 1. The third kappa shape index (κ3) is 2.81. The van der Waals surface area contributed by atoms with Crippen LogP contribution in [0.4, 0.5) is 0 Å². The Morgan fingerprint density at radius 1 is 1.38 bits per heavy atom. The lowest BCUT2D eigenvalue weighted by Crippen LogP contribution is -2.47. The molecule has 132 valence electrons. The lowest BCUT2D eigenvalue weighted by atomic mass is 9.77. The summed E-state index contributed by atoms with van der Waals surface area (Å²) >= 11 is 0. The third-order valence-corrected chi connectivity index (χ3v) is 6.08. The second-order valence-electron chi connectivity index (χ2n) is 7.62. The van der Waals surface area contributed by atoms with Gasteiger partial charge in [0.05, 0.1) is 12.5 Å². The standard InChI is InChI=1S/C20H30N2O2/c1-14-6-7-17(11-18(14)24-3)20(8-4-5-9-20)19(23)22-13-16(12-21)10-15(22)2/h6-7,11,15-16H,4-5,8-10,12-13,21H2,1-3H3. The number of amides is 1. The molecule has 2 atom stereocenters. The fourth-order valence-corrected chi connectivity index (χ4v) is 4.59. The van der Waals surface area contributed by atoms with Crippen molar-refractivity contribution in [1.29, 1.82) is 0 Å². The van der Waals surface area contributed by atoms with Gasteiger partial charge in [0.1, 0.15) is 5.75 Å². The summed E-state index contributed by atoms with van der Waals surface area (Å²) in [5.74, 6) is 1.62. The van der Waals surface area contributed by atoms with Crippen molar-refractivity contribution in [1.82, 2.24) is 4.90 Å². The van der Waals surface area contributed by atoms with Crippen LogP contribution in [-0.2, 0) is 10.2 Å². The average molecular weight is 330 g/mol. The van der Waals surface area contributed by atoms with E-state index < -0.39 is 0 Å². The summed E-state index contributed by atoms with van der Waals surface area (Å²) in [6.07, 6.45) is 5.13. The average Bonchev–Trinajstić information content (AvgIpc) is 3.22. The molecule has 1 aliphatic carbocycles. The molecular weight excluding hydrogens is 300 g/mol. The minimum Gasteiger partial charge on any atom is -0.496 e. The SMILES string of the molecule is COc1cc(C2(C(=O)N3CC(CN)CC3C)CCCC2)ccc1C. The monoisotopic (exact) mass is 330 g/mol. The van der Waals surface area contributed by atoms with Crippen molar-refractivity contribution in [3.63, 3.8) is 0 Å². The Bertz CT molecular complexity index is 608. The smallest absolute Gasteiger partial charge is 0.233 e. The zero-order valence-electron chi connectivity index (χ0n) is 15.2. The highest BCUT2D eigenvalue weighted by molar-refractivity contribution is 5.89. The number of benzene rings is 1. The predicted molar refractivity (Wildman–Crippen MR) is 96.2 cm³/mol. The van der Waals surface area contributed by atoms with Crippen molar-refractivity contribution >= 4 is 5.91 Å². The van der Waals surface area contributed by atoms with Crippen molar-refractivity contribution in [2.45, 2.75) is 57.4 Å². The Balaban J connectivity index is 1.95. The first-order chi connectivity index (χ1) is 11.5. The van der Waals surface area contributed by atoms with Gasteiger partial charge in [-0.2, -0.15) is 0 Å². The van der Waals surface area contributed by atoms with Crippen molar-refractivity contribution < 1.29 is 9.53 Å². The number of carbonyl (C=O) groups is 1. The predicted octanol–water partition coefficient (Wildman–Crippen LogP) is 3.01. The van der Waals surface area contributed by atoms with Crippen molar-refractivity contribution in [3.05, 3.63) is 29.3 Å². The van der Waals surface area contributed by atoms with Crippen LogP contribution in [0.25, 0.3) is 0 Å². The van der Waals surface area contributed by atoms with Gasteiger partial charge in [-0.25, -0.2) is 0 Å². The molecule has 1 aliphatic heterocycles. The Kier molecular flexibility index (Phi) is 4.86. The molecule has 1 heterocycles. The summed E-state index contributed by atoms with van der Waals surface area (Å²) in [4.78, 5) is 15.7. The number of nitrogens with two attached hydrogens (primary N) is 1. The molecule has 4 nitrogen and oxygen atoms in total. The minimum absolute atomic E-state index is 0.288. The van der Waals surface area contributed by atoms with E-state index in [-0.39, 0.29) is 11.5 Å². The molecule has 1 saturated carbocycles. The Labute approximate surface area is 145 Å². The van der Waals surface area contributed by atoms with E-state index >= 15 is 0 Å². The van der Waals surface area contributed by atoms with Gasteiger partial charge in [-0.1, -0.05) is 25.0 Å². The first-order valence-electron chi connectivity index (χ1n) is 9.18. The quantitative estimate of drug-likeness (QED) is 0.923. The summed E-state index contributed by atoms with van der Waals surface area (Å²) in [5.41, 5.74) is 7.71. The molecule has 2 aliphatic rings. The highest BCUT2D eigenvalue weighted by Gasteiger charge is 2.47. The van der Waals surface area contributed by atoms with Gasteiger partial charge in [0, 0.05) is 12.6 Å². The number of carbonyl (C=O) groups excluding carboxylic acids is 1. The molecule has 0 radical (unpaired) electrons. The number of likely N-dealkylation sites (tertiary alicyclic amines) is 1. The molecule has 1 aromatic rings. The molecule has 2 unspecified atom stereocenters. The van der Waals surface area contributed by atoms with Gasteiger partial charge in [-0.15, -0.1) is 0 Å². The molecule has 1 saturated heterocycles. The van der Waals surface area contributed by atoms with Crippen LogP contribution in [0.15, 0.2) is 18.2 Å². The van der Waals surface area contributed by atoms with Gasteiger partial charge in [0.15, 0.2) is 0 Å². The molecule has 4 heteroatoms. The van der Waals surface area contributed by atoms with E-state index in [1.165, 1.54) is 0 Å². The van der Waals surface area contributed by atoms with Crippen LogP contribution in [0.2, 0.25) is 0 Å². The third-order valence-electron chi connectivity index (χ3n) is 6.08. The highest BCUT2D eigenvalue weighted by Crippen LogP contribution is 2.45. The maximum absolute atomic E-state index is 13.6. The fraction of sp³-hybridized carbons (Fsp3) is 0.650. The number of hydrogen-bond acceptors (Lipinski definition) is 3. The summed E-state index contributed by atoms with van der Waals surface area (Å²) in [5, 5.41) is 0. The van der Waals surface area contributed by atoms with Crippen LogP contribution in [0, 0.1) is 12.8 Å². The maximum atomic E-state index is 13.6. The lowest BCUT2D eigenvalue weighted by molar-refractivity contribution is -0.138. The van der Waals surface area contributed by atoms with E-state index in [9.17, 15) is 4.79 Å². The molecule has 1 aromatic carbocycles. The molecule has 0 spiro atoms. The van der Waals surface area contributed by atoms with Gasteiger partial charge in [0.2, 0.25) is 5.91 Å². The van der Waals surface area contributed by atoms with Crippen LogP contribution in [-0.4, -0.2) is 37.0 Å². The number of ether oxygens (including phenoxy) is 1. The molecule has 2 fully saturated rings. The van der Waals surface area contributed by atoms with Crippen LogP contribution in [0.1, 0.15) is 50.2 Å². The summed E-state index contributed by atoms with van der Waals surface area (Å²) < 4.78 is 5.51. The highest BCUT2D eigenvalue weighted by atomic mass is 16.5. The van der Waals surface area contributed by atoms with Gasteiger partial charge < -0.3 is 15.4 Å². The molecule has 2 N–H and O–H groups in total. The summed E-state index contributed by atoms with van der Waals surface area (Å²) in [6.45, 7) is 5.67. The van der Waals surface area contributed by atoms with E-state index in [2.05, 4.69) is 30.0 Å². The van der Waals surface area contributed by atoms with Crippen LogP contribution < -0.4 is 10.5 Å². The van der Waals surface area contributed by atoms with E-state index in [0.717, 1.165) is 55.5 Å². The Morgan fingerprint density at radius 2 is 2.08 bits per heavy atom. The van der Waals surface area contributed by atoms with Crippen molar-refractivity contribution in [3.8, 4) is 5.75 Å². The second kappa shape index (κ2) is 6.75. The van der Waals surface area contributed by atoms with Gasteiger partial charge in [-0.05, 0) is 62.8 Å². The molecule has 1 amide bonds. The second-order valence-corrected chi connectivity index (χ2v) is 7.62. The topological polar surface area (TPSA) is 55.6 Å². The van der Waals surface area contributed by atoms with Crippen LogP contribution in [0.3, 0.4) is 0 Å². The van der Waals surface area contributed by atoms with Crippen LogP contribution in [0.5, 0.6) is 5.75 Å². The van der Waals surface area contributed by atoms with E-state index in [1.54, 1.807) is 7.11 Å². The van der Waals surface area contributed by atoms with Crippen molar-refractivity contribution in [2.24, 2.45) is 11.7 Å². The number of methoxy groups -OCH3 is 1. The Morgan fingerprint density at radius 3 is 2.67 bits per heavy atom. The first-order valence-corrected chi connectivity index (χ1v) is 9.18. The molecule has 3 rings (SSSR count). The zero-order valence-corrected chi connectivity index (χ0v) is 15.2. The van der Waals surface area contributed by atoms with Gasteiger partial charge in [0.25, 0.3) is 0 Å². The number of nitrogens with zero attached hydrogens (tertiary/aromatic N) is 1. The fourth-order valence-electron chi connectivity index (χ4n) is 4.59. The van der Waals surface area contributed by atoms with Crippen LogP contribution >= 0.6 is 0 Å². The zero-order chi connectivity index (χ0) is 17.3. The normalized spacial score (nSPS) is 25.9. The van der Waals surface area contributed by atoms with E-state index in [1.807, 2.05) is 6.92 Å². The molecule has 24 heavy (non-hydrogen) atoms. The van der Waals surface area contributed by atoms with Crippen molar-refractivity contribution in [2.75, 3.05) is 20.2 Å². The summed E-state index contributed by atoms with van der Waals surface area (Å²) in [7, 11) is 1.70. The van der Waals surface area contributed by atoms with E-state index in [4.69, 9.17) is 10.5 Å². The maximum Gasteiger partial charge on any atom is 0.233 e. The largest absolute Gasteiger partial charge is 0.496 e. The van der Waals surface area contributed by atoms with E-state index in [0.29, 0.717) is 18.4 Å². The first kappa shape index (κ1) is 17.3. The molecule has 0 aromatic heterocycles. The van der Waals surface area contributed by atoms with Gasteiger partial charge >= 0.3 is 0 Å². The lowest BCUT2D eigenvalue weighted by Gasteiger charge is -2.35. The molecular formula is C20H30N2O2. The number of rotatable bonds is 4. The Hall–Kier alpha value is -1.55. The minimum atomic E-state index is -0.376. The molecule has 0 bridgehead atoms. The van der Waals surface area contributed by atoms with Gasteiger partial charge in [-0.3, -0.25) is 4.79 Å².